The number of para-hydroxylation sites is 2. The van der Waals surface area contributed by atoms with Crippen molar-refractivity contribution in [3.05, 3.63) is 60.2 Å². The van der Waals surface area contributed by atoms with Crippen molar-refractivity contribution in [3.8, 4) is 28.4 Å². The molecule has 0 saturated heterocycles. The Morgan fingerprint density at radius 1 is 0.976 bits per heavy atom. The molecule has 13 heteroatoms. The molecule has 0 aliphatic carbocycles. The summed E-state index contributed by atoms with van der Waals surface area (Å²) >= 11 is 0. The van der Waals surface area contributed by atoms with Crippen molar-refractivity contribution in [1.29, 1.82) is 0 Å². The van der Waals surface area contributed by atoms with E-state index in [0.717, 1.165) is 16.9 Å². The number of halogens is 3. The van der Waals surface area contributed by atoms with Gasteiger partial charge in [0.15, 0.2) is 0 Å². The smallest absolute Gasteiger partial charge is 0.390 e. The standard InChI is InChI=1S/C29H32F3N3O6S/c1-28(2)27(36)35(3)26-21(17-33-22-8-6-7-9-24(22)39-4)19(12-13-23(26)34-28)20-11-10-18(16-25(20)40-5)41-42(37,38)15-14-29(30,31)32/h6-13,16,33-34H,14-15,17H2,1-5H3. The molecule has 0 fully saturated rings. The molecule has 1 aliphatic heterocycles. The van der Waals surface area contributed by atoms with Crippen molar-refractivity contribution in [3.63, 3.8) is 0 Å². The molecule has 226 valence electrons. The third-order valence-corrected chi connectivity index (χ3v) is 7.94. The normalized spacial score (nSPS) is 14.6. The maximum atomic E-state index is 13.3. The minimum Gasteiger partial charge on any atom is -0.496 e. The van der Waals surface area contributed by atoms with Gasteiger partial charge in [0.05, 0.1) is 43.5 Å². The van der Waals surface area contributed by atoms with E-state index >= 15 is 0 Å². The lowest BCUT2D eigenvalue weighted by molar-refractivity contribution is -0.130. The summed E-state index contributed by atoms with van der Waals surface area (Å²) in [6.45, 7) is 3.84. The van der Waals surface area contributed by atoms with Gasteiger partial charge in [-0.2, -0.15) is 21.6 Å². The molecule has 1 amide bonds. The minimum absolute atomic E-state index is 0.148. The molecule has 3 aromatic rings. The van der Waals surface area contributed by atoms with Crippen LogP contribution in [-0.2, 0) is 21.5 Å². The van der Waals surface area contributed by atoms with Crippen LogP contribution in [0.25, 0.3) is 11.1 Å². The number of nitrogens with zero attached hydrogens (tertiary/aromatic N) is 1. The Bertz CT molecular complexity index is 1590. The molecule has 2 N–H and O–H groups in total. The number of carbonyl (C=O) groups excluding carboxylic acids is 1. The summed E-state index contributed by atoms with van der Waals surface area (Å²) in [4.78, 5) is 14.8. The van der Waals surface area contributed by atoms with Crippen molar-refractivity contribution in [2.75, 3.05) is 42.6 Å². The molecule has 0 bridgehead atoms. The van der Waals surface area contributed by atoms with Crippen molar-refractivity contribution in [2.45, 2.75) is 38.5 Å². The molecule has 3 aromatic carbocycles. The second-order valence-electron chi connectivity index (χ2n) is 10.2. The Morgan fingerprint density at radius 2 is 1.64 bits per heavy atom. The molecular weight excluding hydrogens is 575 g/mol. The van der Waals surface area contributed by atoms with Gasteiger partial charge in [-0.15, -0.1) is 0 Å². The Labute approximate surface area is 242 Å². The highest BCUT2D eigenvalue weighted by Gasteiger charge is 2.38. The van der Waals surface area contributed by atoms with Crippen LogP contribution in [0.5, 0.6) is 17.2 Å². The van der Waals surface area contributed by atoms with E-state index in [9.17, 15) is 26.4 Å². The lowest BCUT2D eigenvalue weighted by Gasteiger charge is -2.40. The number of fused-ring (bicyclic) bond motifs is 1. The molecule has 0 atom stereocenters. The van der Waals surface area contributed by atoms with Gasteiger partial charge in [0.25, 0.3) is 5.91 Å². The van der Waals surface area contributed by atoms with Gasteiger partial charge in [-0.25, -0.2) is 0 Å². The molecule has 1 aliphatic rings. The second kappa shape index (κ2) is 11.6. The number of methoxy groups -OCH3 is 2. The number of anilines is 3. The molecule has 0 saturated carbocycles. The van der Waals surface area contributed by atoms with Gasteiger partial charge in [0.1, 0.15) is 22.8 Å². The van der Waals surface area contributed by atoms with Gasteiger partial charge in [0, 0.05) is 30.8 Å². The quantitative estimate of drug-likeness (QED) is 0.278. The van der Waals surface area contributed by atoms with E-state index in [2.05, 4.69) is 10.6 Å². The SMILES string of the molecule is COc1ccccc1NCc1c(-c2ccc(OS(=O)(=O)CCC(F)(F)F)cc2OC)ccc2c1N(C)C(=O)C(C)(C)N2. The lowest BCUT2D eigenvalue weighted by Crippen LogP contribution is -2.52. The molecule has 4 rings (SSSR count). The van der Waals surface area contributed by atoms with Crippen molar-refractivity contribution in [1.82, 2.24) is 0 Å². The van der Waals surface area contributed by atoms with Crippen LogP contribution in [0.2, 0.25) is 0 Å². The summed E-state index contributed by atoms with van der Waals surface area (Å²) in [6.07, 6.45) is -6.17. The van der Waals surface area contributed by atoms with Gasteiger partial charge in [-0.05, 0) is 49.7 Å². The average molecular weight is 608 g/mol. The van der Waals surface area contributed by atoms with Crippen LogP contribution in [0.4, 0.5) is 30.2 Å². The van der Waals surface area contributed by atoms with Crippen LogP contribution in [0.1, 0.15) is 25.8 Å². The minimum atomic E-state index is -4.64. The number of alkyl halides is 3. The monoisotopic (exact) mass is 607 g/mol. The zero-order valence-electron chi connectivity index (χ0n) is 23.8. The summed E-state index contributed by atoms with van der Waals surface area (Å²) in [6, 6.07) is 15.3. The maximum absolute atomic E-state index is 13.3. The van der Waals surface area contributed by atoms with Crippen LogP contribution in [-0.4, -0.2) is 53.1 Å². The number of hydrogen-bond donors (Lipinski definition) is 2. The molecule has 0 unspecified atom stereocenters. The molecule has 0 radical (unpaired) electrons. The number of hydrogen-bond acceptors (Lipinski definition) is 8. The molecule has 0 aromatic heterocycles. The van der Waals surface area contributed by atoms with Crippen LogP contribution < -0.4 is 29.2 Å². The number of amides is 1. The highest BCUT2D eigenvalue weighted by atomic mass is 32.2. The Balaban J connectivity index is 1.78. The summed E-state index contributed by atoms with van der Waals surface area (Å²) in [5.74, 6) is -0.715. The van der Waals surface area contributed by atoms with Gasteiger partial charge >= 0.3 is 16.3 Å². The summed E-state index contributed by atoms with van der Waals surface area (Å²) in [7, 11) is 0.126. The average Bonchev–Trinajstić information content (AvgIpc) is 2.93. The van der Waals surface area contributed by atoms with E-state index in [1.165, 1.54) is 19.2 Å². The van der Waals surface area contributed by atoms with Crippen molar-refractivity contribution < 1.29 is 40.0 Å². The van der Waals surface area contributed by atoms with E-state index in [1.54, 1.807) is 39.0 Å². The maximum Gasteiger partial charge on any atom is 0.390 e. The summed E-state index contributed by atoms with van der Waals surface area (Å²) < 4.78 is 78.0. The number of benzene rings is 3. The van der Waals surface area contributed by atoms with Crippen LogP contribution >= 0.6 is 0 Å². The topological polar surface area (TPSA) is 106 Å². The van der Waals surface area contributed by atoms with Crippen LogP contribution in [0, 0.1) is 0 Å². The van der Waals surface area contributed by atoms with E-state index in [1.807, 2.05) is 36.4 Å². The zero-order chi connectivity index (χ0) is 30.9. The zero-order valence-corrected chi connectivity index (χ0v) is 24.6. The molecule has 42 heavy (non-hydrogen) atoms. The lowest BCUT2D eigenvalue weighted by atomic mass is 9.91. The van der Waals surface area contributed by atoms with Gasteiger partial charge in [-0.1, -0.05) is 18.2 Å². The van der Waals surface area contributed by atoms with E-state index in [0.29, 0.717) is 22.6 Å². The number of nitrogens with one attached hydrogen (secondary N) is 2. The highest BCUT2D eigenvalue weighted by molar-refractivity contribution is 7.87. The van der Waals surface area contributed by atoms with Gasteiger partial charge in [-0.3, -0.25) is 4.79 Å². The van der Waals surface area contributed by atoms with Gasteiger partial charge in [0.2, 0.25) is 0 Å². The molecule has 1 heterocycles. The third kappa shape index (κ3) is 6.67. The van der Waals surface area contributed by atoms with E-state index < -0.39 is 34.0 Å². The van der Waals surface area contributed by atoms with Crippen LogP contribution in [0.15, 0.2) is 54.6 Å². The first kappa shape index (κ1) is 30.8. The number of rotatable bonds is 10. The Kier molecular flexibility index (Phi) is 8.53. The van der Waals surface area contributed by atoms with E-state index in [4.69, 9.17) is 13.7 Å². The van der Waals surface area contributed by atoms with Crippen molar-refractivity contribution in [2.24, 2.45) is 0 Å². The number of ether oxygens (including phenoxy) is 2. The predicted octanol–water partition coefficient (Wildman–Crippen LogP) is 5.81. The van der Waals surface area contributed by atoms with E-state index in [-0.39, 0.29) is 24.0 Å². The first-order valence-electron chi connectivity index (χ1n) is 12.9. The van der Waals surface area contributed by atoms with Crippen LogP contribution in [0.3, 0.4) is 0 Å². The van der Waals surface area contributed by atoms with Crippen molar-refractivity contribution >= 4 is 33.1 Å². The fourth-order valence-corrected chi connectivity index (χ4v) is 5.77. The molecular formula is C29H32F3N3O6S. The highest BCUT2D eigenvalue weighted by Crippen LogP contribution is 2.45. The summed E-state index contributed by atoms with van der Waals surface area (Å²) in [5, 5.41) is 6.68. The molecule has 9 nitrogen and oxygen atoms in total. The van der Waals surface area contributed by atoms with Gasteiger partial charge < -0.3 is 29.2 Å². The first-order chi connectivity index (χ1) is 19.7. The number of likely N-dealkylation sites (N-methyl/N-ethyl adjacent to an activating group) is 1. The fourth-order valence-electron chi connectivity index (χ4n) is 4.81. The third-order valence-electron chi connectivity index (χ3n) is 6.79. The second-order valence-corrected chi connectivity index (χ2v) is 11.9. The molecule has 0 spiro atoms. The fraction of sp³-hybridized carbons (Fsp3) is 0.345. The Hall–Kier alpha value is -4.13. The summed E-state index contributed by atoms with van der Waals surface area (Å²) in [5.41, 5.74) is 3.19. The number of carbonyl (C=O) groups is 1. The first-order valence-corrected chi connectivity index (χ1v) is 14.5. The predicted molar refractivity (Wildman–Crippen MR) is 155 cm³/mol. The largest absolute Gasteiger partial charge is 0.496 e. The Morgan fingerprint density at radius 3 is 2.31 bits per heavy atom.